The van der Waals surface area contributed by atoms with E-state index in [1.54, 1.807) is 0 Å². The second kappa shape index (κ2) is 6.46. The molecule has 22 heavy (non-hydrogen) atoms. The van der Waals surface area contributed by atoms with Crippen LogP contribution in [-0.2, 0) is 16.1 Å². The number of aliphatic hydroxyl groups is 1. The number of carbonyl (C=O) groups excluding carboxylic acids is 2. The van der Waals surface area contributed by atoms with E-state index >= 15 is 0 Å². The summed E-state index contributed by atoms with van der Waals surface area (Å²) in [4.78, 5) is 24.2. The van der Waals surface area contributed by atoms with Crippen LogP contribution in [0.15, 0.2) is 30.3 Å². The van der Waals surface area contributed by atoms with Crippen LogP contribution in [0.25, 0.3) is 0 Å². The van der Waals surface area contributed by atoms with Gasteiger partial charge in [0.05, 0.1) is 12.1 Å². The lowest BCUT2D eigenvalue weighted by molar-refractivity contribution is -0.126. The molecule has 0 radical (unpaired) electrons. The normalized spacial score (nSPS) is 27.4. The van der Waals surface area contributed by atoms with E-state index in [9.17, 15) is 14.7 Å². The molecule has 6 nitrogen and oxygen atoms in total. The zero-order valence-corrected chi connectivity index (χ0v) is 12.3. The highest BCUT2D eigenvalue weighted by molar-refractivity contribution is 5.86. The van der Waals surface area contributed by atoms with Gasteiger partial charge in [-0.3, -0.25) is 9.59 Å². The Kier molecular flexibility index (Phi) is 4.40. The summed E-state index contributed by atoms with van der Waals surface area (Å²) in [5.41, 5.74) is 1.01. The van der Waals surface area contributed by atoms with E-state index in [0.717, 1.165) is 18.4 Å². The third kappa shape index (κ3) is 3.45. The minimum atomic E-state index is -0.741. The van der Waals surface area contributed by atoms with Crippen molar-refractivity contribution in [3.63, 3.8) is 0 Å². The summed E-state index contributed by atoms with van der Waals surface area (Å²) in [7, 11) is 0. The van der Waals surface area contributed by atoms with Crippen molar-refractivity contribution in [2.75, 3.05) is 6.54 Å². The van der Waals surface area contributed by atoms with Crippen LogP contribution in [0.5, 0.6) is 0 Å². The first-order valence-corrected chi connectivity index (χ1v) is 7.68. The number of nitrogens with one attached hydrogen (secondary N) is 3. The van der Waals surface area contributed by atoms with Gasteiger partial charge in [0.2, 0.25) is 11.8 Å². The molecule has 1 saturated heterocycles. The molecular weight excluding hydrogens is 282 g/mol. The van der Waals surface area contributed by atoms with Gasteiger partial charge in [0.1, 0.15) is 6.04 Å². The van der Waals surface area contributed by atoms with Crippen molar-refractivity contribution in [2.45, 2.75) is 37.6 Å². The summed E-state index contributed by atoms with van der Waals surface area (Å²) < 4.78 is 0. The van der Waals surface area contributed by atoms with Gasteiger partial charge in [-0.2, -0.15) is 0 Å². The molecular formula is C16H21N3O3. The molecule has 1 aromatic rings. The van der Waals surface area contributed by atoms with Crippen LogP contribution < -0.4 is 16.0 Å². The Bertz CT molecular complexity index is 545. The van der Waals surface area contributed by atoms with E-state index in [1.165, 1.54) is 0 Å². The molecule has 2 aliphatic rings. The molecule has 1 aromatic carbocycles. The first kappa shape index (κ1) is 15.0. The zero-order chi connectivity index (χ0) is 15.5. The van der Waals surface area contributed by atoms with Gasteiger partial charge in [-0.05, 0) is 18.4 Å². The molecule has 1 saturated carbocycles. The van der Waals surface area contributed by atoms with Crippen LogP contribution in [0.3, 0.4) is 0 Å². The van der Waals surface area contributed by atoms with Crippen LogP contribution in [0.1, 0.15) is 18.4 Å². The number of hydrogen-bond donors (Lipinski definition) is 4. The number of benzene rings is 1. The zero-order valence-electron chi connectivity index (χ0n) is 12.3. The Labute approximate surface area is 129 Å². The van der Waals surface area contributed by atoms with Gasteiger partial charge in [0, 0.05) is 19.0 Å². The summed E-state index contributed by atoms with van der Waals surface area (Å²) in [5.74, 6) is -0.212. The predicted molar refractivity (Wildman–Crippen MR) is 80.7 cm³/mol. The molecule has 0 aromatic heterocycles. The molecule has 3 atom stereocenters. The van der Waals surface area contributed by atoms with E-state index in [2.05, 4.69) is 16.0 Å². The SMILES string of the molecule is O=C(N[C@H]1[C@@H](C(=O)NCc2ccccc2)NC[C@@H]1O)C1CC1. The summed E-state index contributed by atoms with van der Waals surface area (Å²) in [6, 6.07) is 8.46. The van der Waals surface area contributed by atoms with Crippen molar-refractivity contribution in [1.29, 1.82) is 0 Å². The average Bonchev–Trinajstić information content (AvgIpc) is 3.32. The quantitative estimate of drug-likeness (QED) is 0.592. The highest BCUT2D eigenvalue weighted by Crippen LogP contribution is 2.29. The Morgan fingerprint density at radius 3 is 2.59 bits per heavy atom. The van der Waals surface area contributed by atoms with Gasteiger partial charge in [-0.1, -0.05) is 30.3 Å². The molecule has 0 bridgehead atoms. The third-order valence-corrected chi connectivity index (χ3v) is 4.17. The van der Waals surface area contributed by atoms with Crippen LogP contribution in [-0.4, -0.2) is 41.7 Å². The largest absolute Gasteiger partial charge is 0.390 e. The predicted octanol–water partition coefficient (Wildman–Crippen LogP) is -0.470. The fourth-order valence-electron chi connectivity index (χ4n) is 2.68. The van der Waals surface area contributed by atoms with Gasteiger partial charge < -0.3 is 21.1 Å². The highest BCUT2D eigenvalue weighted by Gasteiger charge is 2.42. The Hall–Kier alpha value is -1.92. The number of β-amino-alcohol motifs (C(OH)–C–C–N with tert-alkyl or cyclic N) is 1. The molecule has 118 valence electrons. The van der Waals surface area contributed by atoms with E-state index in [-0.39, 0.29) is 17.7 Å². The first-order chi connectivity index (χ1) is 10.6. The monoisotopic (exact) mass is 303 g/mol. The van der Waals surface area contributed by atoms with Gasteiger partial charge in [0.15, 0.2) is 0 Å². The van der Waals surface area contributed by atoms with Crippen molar-refractivity contribution in [1.82, 2.24) is 16.0 Å². The Balaban J connectivity index is 1.56. The van der Waals surface area contributed by atoms with Gasteiger partial charge in [-0.15, -0.1) is 0 Å². The molecule has 6 heteroatoms. The van der Waals surface area contributed by atoms with Gasteiger partial charge in [0.25, 0.3) is 0 Å². The van der Waals surface area contributed by atoms with Crippen molar-refractivity contribution in [3.8, 4) is 0 Å². The smallest absolute Gasteiger partial charge is 0.239 e. The maximum absolute atomic E-state index is 12.3. The van der Waals surface area contributed by atoms with E-state index in [0.29, 0.717) is 13.1 Å². The van der Waals surface area contributed by atoms with E-state index in [1.807, 2.05) is 30.3 Å². The minimum absolute atomic E-state index is 0.0563. The Morgan fingerprint density at radius 1 is 1.18 bits per heavy atom. The molecule has 3 rings (SSSR count). The van der Waals surface area contributed by atoms with Crippen LogP contribution >= 0.6 is 0 Å². The molecule has 4 N–H and O–H groups in total. The average molecular weight is 303 g/mol. The lowest BCUT2D eigenvalue weighted by atomic mass is 10.1. The number of carbonyl (C=O) groups is 2. The molecule has 1 heterocycles. The summed E-state index contributed by atoms with van der Waals surface area (Å²) >= 11 is 0. The molecule has 0 spiro atoms. The molecule has 1 aliphatic heterocycles. The van der Waals surface area contributed by atoms with Crippen molar-refractivity contribution >= 4 is 11.8 Å². The number of amides is 2. The maximum Gasteiger partial charge on any atom is 0.239 e. The van der Waals surface area contributed by atoms with E-state index < -0.39 is 18.2 Å². The second-order valence-corrected chi connectivity index (χ2v) is 5.97. The van der Waals surface area contributed by atoms with Crippen molar-refractivity contribution in [2.24, 2.45) is 5.92 Å². The fourth-order valence-corrected chi connectivity index (χ4v) is 2.68. The number of rotatable bonds is 5. The second-order valence-electron chi connectivity index (χ2n) is 5.97. The highest BCUT2D eigenvalue weighted by atomic mass is 16.3. The minimum Gasteiger partial charge on any atom is -0.390 e. The summed E-state index contributed by atoms with van der Waals surface area (Å²) in [6.07, 6.45) is 1.05. The topological polar surface area (TPSA) is 90.5 Å². The number of hydrogen-bond acceptors (Lipinski definition) is 4. The first-order valence-electron chi connectivity index (χ1n) is 7.68. The fraction of sp³-hybridized carbons (Fsp3) is 0.500. The molecule has 1 aliphatic carbocycles. The lowest BCUT2D eigenvalue weighted by Crippen LogP contribution is -2.54. The van der Waals surface area contributed by atoms with Gasteiger partial charge in [-0.25, -0.2) is 0 Å². The van der Waals surface area contributed by atoms with Crippen molar-refractivity contribution in [3.05, 3.63) is 35.9 Å². The molecule has 0 unspecified atom stereocenters. The van der Waals surface area contributed by atoms with Crippen LogP contribution in [0, 0.1) is 5.92 Å². The third-order valence-electron chi connectivity index (χ3n) is 4.17. The van der Waals surface area contributed by atoms with E-state index in [4.69, 9.17) is 0 Å². The summed E-state index contributed by atoms with van der Waals surface area (Å²) in [5, 5.41) is 18.6. The molecule has 2 fully saturated rings. The number of aliphatic hydroxyl groups excluding tert-OH is 1. The Morgan fingerprint density at radius 2 is 1.91 bits per heavy atom. The van der Waals surface area contributed by atoms with Crippen molar-refractivity contribution < 1.29 is 14.7 Å². The van der Waals surface area contributed by atoms with Crippen LogP contribution in [0.2, 0.25) is 0 Å². The summed E-state index contributed by atoms with van der Waals surface area (Å²) in [6.45, 7) is 0.732. The molecule has 2 amide bonds. The maximum atomic E-state index is 12.3. The van der Waals surface area contributed by atoms with Crippen LogP contribution in [0.4, 0.5) is 0 Å². The van der Waals surface area contributed by atoms with Gasteiger partial charge >= 0.3 is 0 Å². The standard InChI is InChI=1S/C16H21N3O3/c20-12-9-17-14(13(12)19-15(21)11-6-7-11)16(22)18-8-10-4-2-1-3-5-10/h1-5,11-14,17,20H,6-9H2,(H,18,22)(H,19,21)/t12-,13+,14-/m0/s1. The lowest BCUT2D eigenvalue weighted by Gasteiger charge is -2.22.